The fourth-order valence-corrected chi connectivity index (χ4v) is 4.09. The molecule has 1 aliphatic rings. The molecule has 7 nitrogen and oxygen atoms in total. The molecule has 166 valence electrons. The van der Waals surface area contributed by atoms with E-state index in [1.165, 1.54) is 6.07 Å². The Morgan fingerprint density at radius 3 is 2.69 bits per heavy atom. The third-order valence-electron chi connectivity index (χ3n) is 5.62. The first-order chi connectivity index (χ1) is 14.6. The largest absolute Gasteiger partial charge is 0.317 e. The zero-order valence-electron chi connectivity index (χ0n) is 17.4. The number of aromatic nitrogens is 5. The van der Waals surface area contributed by atoms with Crippen LogP contribution >= 0.6 is 24.8 Å². The molecule has 1 aromatic carbocycles. The lowest BCUT2D eigenvalue weighted by molar-refractivity contribution is 0.451. The number of nitrogens with one attached hydrogen (secondary N) is 1. The van der Waals surface area contributed by atoms with E-state index < -0.39 is 0 Å². The molecular weight excluding hydrogens is 452 g/mol. The van der Waals surface area contributed by atoms with Crippen LogP contribution in [-0.2, 0) is 6.42 Å². The van der Waals surface area contributed by atoms with Gasteiger partial charge in [-0.05, 0) is 57.1 Å². The van der Waals surface area contributed by atoms with Gasteiger partial charge in [-0.15, -0.1) is 24.8 Å². The second-order valence-corrected chi connectivity index (χ2v) is 7.72. The number of rotatable bonds is 3. The number of fused-ring (bicyclic) bond motifs is 2. The molecule has 0 spiro atoms. The van der Waals surface area contributed by atoms with Gasteiger partial charge >= 0.3 is 0 Å². The number of halogens is 3. The maximum absolute atomic E-state index is 15.1. The van der Waals surface area contributed by atoms with Crippen LogP contribution in [0.25, 0.3) is 27.8 Å². The molecular formula is C22H22Cl2FN7. The molecule has 3 aromatic heterocycles. The van der Waals surface area contributed by atoms with Gasteiger partial charge in [0.05, 0.1) is 41.3 Å². The van der Waals surface area contributed by atoms with E-state index in [1.807, 2.05) is 13.0 Å². The third kappa shape index (κ3) is 4.37. The van der Waals surface area contributed by atoms with Crippen molar-refractivity contribution in [3.8, 4) is 17.3 Å². The topological polar surface area (TPSA) is 91.8 Å². The predicted molar refractivity (Wildman–Crippen MR) is 125 cm³/mol. The standard InChI is InChI=1S/C22H20FN7.2ClH/c1-13-12-30-22(26-13)15(2-5-24)9-20(29-30)16-8-18(23)17-11-19(27-28-21(17)10-16)14-3-6-25-7-4-14;;/h8-12,14,25H,2-4,6-7H2,1H3;2*1H. The molecule has 0 unspecified atom stereocenters. The van der Waals surface area contributed by atoms with Gasteiger partial charge in [0.25, 0.3) is 0 Å². The summed E-state index contributed by atoms with van der Waals surface area (Å²) >= 11 is 0. The molecule has 32 heavy (non-hydrogen) atoms. The summed E-state index contributed by atoms with van der Waals surface area (Å²) < 4.78 is 16.7. The van der Waals surface area contributed by atoms with Crippen LogP contribution in [0.2, 0.25) is 0 Å². The average molecular weight is 474 g/mol. The maximum atomic E-state index is 15.1. The fourth-order valence-electron chi connectivity index (χ4n) is 4.09. The highest BCUT2D eigenvalue weighted by atomic mass is 35.5. The minimum atomic E-state index is -0.349. The molecule has 1 N–H and O–H groups in total. The molecule has 4 heterocycles. The Bertz CT molecular complexity index is 1310. The normalized spacial score (nSPS) is 14.0. The zero-order valence-corrected chi connectivity index (χ0v) is 19.0. The zero-order chi connectivity index (χ0) is 20.7. The first kappa shape index (κ1) is 23.8. The minimum Gasteiger partial charge on any atom is -0.317 e. The van der Waals surface area contributed by atoms with Crippen molar-refractivity contribution in [2.75, 3.05) is 13.1 Å². The number of hydrogen-bond acceptors (Lipinski definition) is 6. The average Bonchev–Trinajstić information content (AvgIpc) is 3.15. The quantitative estimate of drug-likeness (QED) is 0.480. The lowest BCUT2D eigenvalue weighted by Crippen LogP contribution is -2.27. The number of benzene rings is 1. The maximum Gasteiger partial charge on any atom is 0.158 e. The molecule has 5 rings (SSSR count). The lowest BCUT2D eigenvalue weighted by Gasteiger charge is -2.21. The van der Waals surface area contributed by atoms with Crippen LogP contribution in [0.15, 0.2) is 30.5 Å². The van der Waals surface area contributed by atoms with Crippen molar-refractivity contribution in [1.29, 1.82) is 5.26 Å². The molecule has 1 saturated heterocycles. The van der Waals surface area contributed by atoms with Crippen LogP contribution in [0.4, 0.5) is 4.39 Å². The van der Waals surface area contributed by atoms with Gasteiger partial charge in [0.15, 0.2) is 5.65 Å². The molecule has 10 heteroatoms. The Kier molecular flexibility index (Phi) is 7.24. The summed E-state index contributed by atoms with van der Waals surface area (Å²) in [6, 6.07) is 9.06. The van der Waals surface area contributed by atoms with Crippen molar-refractivity contribution in [2.45, 2.75) is 32.1 Å². The van der Waals surface area contributed by atoms with Gasteiger partial charge < -0.3 is 5.32 Å². The Labute approximate surface area is 196 Å². The molecule has 0 saturated carbocycles. The van der Waals surface area contributed by atoms with Crippen molar-refractivity contribution in [1.82, 2.24) is 30.1 Å². The molecule has 1 aliphatic heterocycles. The fraction of sp³-hybridized carbons (Fsp3) is 0.318. The molecule has 0 bridgehead atoms. The number of imidazole rings is 1. The number of nitrogens with zero attached hydrogens (tertiary/aromatic N) is 6. The van der Waals surface area contributed by atoms with Gasteiger partial charge in [0, 0.05) is 22.4 Å². The van der Waals surface area contributed by atoms with Crippen LogP contribution in [0.5, 0.6) is 0 Å². The molecule has 1 fully saturated rings. The lowest BCUT2D eigenvalue weighted by atomic mass is 9.93. The number of piperidine rings is 1. The third-order valence-corrected chi connectivity index (χ3v) is 5.62. The molecule has 0 radical (unpaired) electrons. The van der Waals surface area contributed by atoms with E-state index in [1.54, 1.807) is 22.8 Å². The van der Waals surface area contributed by atoms with E-state index in [0.29, 0.717) is 33.7 Å². The van der Waals surface area contributed by atoms with Crippen molar-refractivity contribution in [2.24, 2.45) is 0 Å². The summed E-state index contributed by atoms with van der Waals surface area (Å²) in [4.78, 5) is 4.44. The van der Waals surface area contributed by atoms with Crippen LogP contribution in [0.3, 0.4) is 0 Å². The van der Waals surface area contributed by atoms with Gasteiger partial charge in [-0.3, -0.25) is 0 Å². The summed E-state index contributed by atoms with van der Waals surface area (Å²) in [6.07, 6.45) is 3.96. The Morgan fingerprint density at radius 1 is 1.16 bits per heavy atom. The van der Waals surface area contributed by atoms with E-state index in [-0.39, 0.29) is 37.1 Å². The van der Waals surface area contributed by atoms with Gasteiger partial charge in [-0.25, -0.2) is 13.9 Å². The molecule has 0 amide bonds. The van der Waals surface area contributed by atoms with Gasteiger partial charge in [-0.1, -0.05) is 0 Å². The van der Waals surface area contributed by atoms with Crippen molar-refractivity contribution >= 4 is 41.4 Å². The van der Waals surface area contributed by atoms with Crippen molar-refractivity contribution in [3.05, 3.63) is 53.2 Å². The first-order valence-electron chi connectivity index (χ1n) is 10.0. The van der Waals surface area contributed by atoms with Crippen molar-refractivity contribution < 1.29 is 4.39 Å². The minimum absolute atomic E-state index is 0. The monoisotopic (exact) mass is 473 g/mol. The summed E-state index contributed by atoms with van der Waals surface area (Å²) in [5.74, 6) is -0.0394. The van der Waals surface area contributed by atoms with Crippen molar-refractivity contribution in [3.63, 3.8) is 0 Å². The highest BCUT2D eigenvalue weighted by Crippen LogP contribution is 2.29. The second kappa shape index (κ2) is 9.74. The number of aryl methyl sites for hydroxylation is 1. The number of nitriles is 1. The van der Waals surface area contributed by atoms with Gasteiger partial charge in [0.2, 0.25) is 0 Å². The van der Waals surface area contributed by atoms with Crippen LogP contribution < -0.4 is 5.32 Å². The molecule has 0 aliphatic carbocycles. The number of hydrogen-bond donors (Lipinski definition) is 1. The first-order valence-corrected chi connectivity index (χ1v) is 10.0. The summed E-state index contributed by atoms with van der Waals surface area (Å²) in [6.45, 7) is 3.76. The van der Waals surface area contributed by atoms with Crippen LogP contribution in [0.1, 0.15) is 35.7 Å². The Morgan fingerprint density at radius 2 is 1.94 bits per heavy atom. The van der Waals surface area contributed by atoms with Gasteiger partial charge in [0.1, 0.15) is 5.82 Å². The highest BCUT2D eigenvalue weighted by molar-refractivity contribution is 5.86. The van der Waals surface area contributed by atoms with E-state index in [4.69, 9.17) is 0 Å². The molecule has 0 atom stereocenters. The highest BCUT2D eigenvalue weighted by Gasteiger charge is 2.19. The van der Waals surface area contributed by atoms with E-state index in [0.717, 1.165) is 42.9 Å². The van der Waals surface area contributed by atoms with Crippen LogP contribution in [0, 0.1) is 24.1 Å². The summed E-state index contributed by atoms with van der Waals surface area (Å²) in [5.41, 5.74) is 4.70. The second-order valence-electron chi connectivity index (χ2n) is 7.72. The summed E-state index contributed by atoms with van der Waals surface area (Å²) in [7, 11) is 0. The predicted octanol–water partition coefficient (Wildman–Crippen LogP) is 4.16. The Balaban J connectivity index is 0.00000144. The SMILES string of the molecule is Cc1cn2nc(-c3cc(F)c4cc(C5CCNCC5)nnc4c3)cc(CC#N)c2n1.Cl.Cl. The summed E-state index contributed by atoms with van der Waals surface area (Å²) in [5, 5.41) is 26.3. The van der Waals surface area contributed by atoms with E-state index in [2.05, 4.69) is 31.7 Å². The Hall–Kier alpha value is -2.86. The van der Waals surface area contributed by atoms with Gasteiger partial charge in [-0.2, -0.15) is 20.6 Å². The van der Waals surface area contributed by atoms with E-state index >= 15 is 4.39 Å². The molecule has 4 aromatic rings. The van der Waals surface area contributed by atoms with E-state index in [9.17, 15) is 5.26 Å². The smallest absolute Gasteiger partial charge is 0.158 e. The van der Waals surface area contributed by atoms with Crippen LogP contribution in [-0.4, -0.2) is 37.9 Å².